The fourth-order valence-electron chi connectivity index (χ4n) is 3.98. The van der Waals surface area contributed by atoms with Crippen LogP contribution in [-0.2, 0) is 44.0 Å². The third-order valence-electron chi connectivity index (χ3n) is 6.15. The van der Waals surface area contributed by atoms with E-state index in [1.165, 1.54) is 4.31 Å². The summed E-state index contributed by atoms with van der Waals surface area (Å²) in [5, 5.41) is 23.7. The minimum atomic E-state index is -3.47. The van der Waals surface area contributed by atoms with Gasteiger partial charge in [0.05, 0.1) is 30.3 Å². The number of sulfonamides is 1. The molecule has 210 valence electrons. The van der Waals surface area contributed by atoms with Crippen LogP contribution in [0.3, 0.4) is 0 Å². The zero-order valence-electron chi connectivity index (χ0n) is 21.6. The van der Waals surface area contributed by atoms with Crippen molar-refractivity contribution in [3.05, 3.63) is 81.6 Å². The number of nitrogens with zero attached hydrogens (tertiary/aromatic N) is 3. The first-order valence-electron chi connectivity index (χ1n) is 12.1. The average Bonchev–Trinajstić information content (AvgIpc) is 3.18. The lowest BCUT2D eigenvalue weighted by atomic mass is 10.1. The van der Waals surface area contributed by atoms with Gasteiger partial charge in [0.25, 0.3) is 0 Å². The van der Waals surface area contributed by atoms with E-state index in [9.17, 15) is 8.42 Å². The molecule has 1 aliphatic rings. The lowest BCUT2D eigenvalue weighted by Crippen LogP contribution is -2.40. The molecule has 1 fully saturated rings. The maximum atomic E-state index is 12.8. The molecular formula is C26H31ClN4O7S. The summed E-state index contributed by atoms with van der Waals surface area (Å²) in [5.74, 6) is -3.65. The molecule has 3 N–H and O–H groups in total. The van der Waals surface area contributed by atoms with Crippen LogP contribution in [0.25, 0.3) is 0 Å². The fourth-order valence-corrected chi connectivity index (χ4v) is 5.58. The summed E-state index contributed by atoms with van der Waals surface area (Å²) in [6.45, 7) is 7.69. The van der Waals surface area contributed by atoms with Crippen molar-refractivity contribution >= 4 is 33.6 Å². The Labute approximate surface area is 232 Å². The first-order valence-corrected chi connectivity index (χ1v) is 13.9. The van der Waals surface area contributed by atoms with Crippen molar-refractivity contribution < 1.29 is 33.0 Å². The minimum Gasteiger partial charge on any atom is -0.473 e. The zero-order chi connectivity index (χ0) is 28.6. The van der Waals surface area contributed by atoms with Crippen LogP contribution < -0.4 is 5.32 Å². The van der Waals surface area contributed by atoms with Gasteiger partial charge in [-0.2, -0.15) is 9.40 Å². The second kappa shape index (κ2) is 13.7. The van der Waals surface area contributed by atoms with Gasteiger partial charge in [0.1, 0.15) is 0 Å². The van der Waals surface area contributed by atoms with Crippen molar-refractivity contribution in [3.63, 3.8) is 0 Å². The van der Waals surface area contributed by atoms with E-state index >= 15 is 0 Å². The number of hydrogen-bond donors (Lipinski definition) is 3. The van der Waals surface area contributed by atoms with Crippen LogP contribution >= 0.6 is 11.6 Å². The molecule has 0 amide bonds. The van der Waals surface area contributed by atoms with Gasteiger partial charge in [-0.1, -0.05) is 41.9 Å². The number of ether oxygens (including phenoxy) is 1. The van der Waals surface area contributed by atoms with Crippen molar-refractivity contribution in [2.24, 2.45) is 0 Å². The van der Waals surface area contributed by atoms with Gasteiger partial charge in [-0.05, 0) is 43.2 Å². The van der Waals surface area contributed by atoms with Gasteiger partial charge in [-0.15, -0.1) is 0 Å². The monoisotopic (exact) mass is 578 g/mol. The number of nitrogens with one attached hydrogen (secondary N) is 1. The average molecular weight is 579 g/mol. The van der Waals surface area contributed by atoms with Crippen molar-refractivity contribution in [1.29, 1.82) is 0 Å². The van der Waals surface area contributed by atoms with Crippen LogP contribution in [0.4, 0.5) is 0 Å². The highest BCUT2D eigenvalue weighted by molar-refractivity contribution is 7.89. The summed E-state index contributed by atoms with van der Waals surface area (Å²) in [6, 6.07) is 14.9. The van der Waals surface area contributed by atoms with Crippen molar-refractivity contribution in [2.75, 3.05) is 26.3 Å². The number of morpholine rings is 1. The number of halogens is 1. The molecule has 4 rings (SSSR count). The molecule has 2 aromatic carbocycles. The molecule has 1 aliphatic heterocycles. The summed E-state index contributed by atoms with van der Waals surface area (Å²) >= 11 is 6.31. The van der Waals surface area contributed by atoms with E-state index < -0.39 is 22.0 Å². The number of carboxylic acids is 2. The SMILES string of the molecule is Cc1nn(Cc2ccccc2Cl)c(C)c1CNCc1ccc(S(=O)(=O)N2CCOCC2)cc1.O=C(O)C(=O)O. The molecule has 0 radical (unpaired) electrons. The van der Waals surface area contributed by atoms with E-state index in [1.807, 2.05) is 48.0 Å². The van der Waals surface area contributed by atoms with Gasteiger partial charge < -0.3 is 20.3 Å². The number of aliphatic carboxylic acids is 2. The quantitative estimate of drug-likeness (QED) is 0.343. The lowest BCUT2D eigenvalue weighted by Gasteiger charge is -2.26. The van der Waals surface area contributed by atoms with Crippen LogP contribution in [0, 0.1) is 13.8 Å². The Hall–Kier alpha value is -3.29. The van der Waals surface area contributed by atoms with E-state index in [0.717, 1.165) is 33.1 Å². The molecule has 11 nitrogen and oxygen atoms in total. The number of rotatable bonds is 8. The molecule has 3 aromatic rings. The Balaban J connectivity index is 0.000000631. The predicted octanol–water partition coefficient (Wildman–Crippen LogP) is 2.67. The molecule has 39 heavy (non-hydrogen) atoms. The highest BCUT2D eigenvalue weighted by Crippen LogP contribution is 2.20. The van der Waals surface area contributed by atoms with E-state index in [4.69, 9.17) is 41.2 Å². The second-order valence-corrected chi connectivity index (χ2v) is 11.1. The van der Waals surface area contributed by atoms with E-state index in [0.29, 0.717) is 50.8 Å². The van der Waals surface area contributed by atoms with Crippen molar-refractivity contribution in [2.45, 2.75) is 38.4 Å². The van der Waals surface area contributed by atoms with Gasteiger partial charge in [-0.3, -0.25) is 4.68 Å². The Morgan fingerprint density at radius 2 is 1.62 bits per heavy atom. The summed E-state index contributed by atoms with van der Waals surface area (Å²) in [6.07, 6.45) is 0. The molecule has 0 saturated carbocycles. The van der Waals surface area contributed by atoms with Crippen LogP contribution in [-0.4, -0.2) is 71.0 Å². The van der Waals surface area contributed by atoms with Crippen LogP contribution in [0.5, 0.6) is 0 Å². The molecule has 0 unspecified atom stereocenters. The normalized spacial score (nSPS) is 13.9. The first kappa shape index (κ1) is 30.3. The highest BCUT2D eigenvalue weighted by atomic mass is 35.5. The van der Waals surface area contributed by atoms with Gasteiger partial charge in [0.15, 0.2) is 0 Å². The number of aromatic nitrogens is 2. The van der Waals surface area contributed by atoms with Crippen molar-refractivity contribution in [1.82, 2.24) is 19.4 Å². The van der Waals surface area contributed by atoms with Crippen LogP contribution in [0.2, 0.25) is 5.02 Å². The Morgan fingerprint density at radius 1 is 1.00 bits per heavy atom. The lowest BCUT2D eigenvalue weighted by molar-refractivity contribution is -0.159. The molecule has 0 atom stereocenters. The fraction of sp³-hybridized carbons (Fsp3) is 0.346. The van der Waals surface area contributed by atoms with Gasteiger partial charge in [0.2, 0.25) is 10.0 Å². The molecule has 0 bridgehead atoms. The number of aryl methyl sites for hydroxylation is 1. The zero-order valence-corrected chi connectivity index (χ0v) is 23.2. The largest absolute Gasteiger partial charge is 0.473 e. The molecule has 1 aromatic heterocycles. The van der Waals surface area contributed by atoms with Crippen LogP contribution in [0.1, 0.15) is 28.1 Å². The third kappa shape index (κ3) is 8.10. The first-order chi connectivity index (χ1) is 18.5. The molecular weight excluding hydrogens is 548 g/mol. The third-order valence-corrected chi connectivity index (χ3v) is 8.44. The number of hydrogen-bond acceptors (Lipinski definition) is 7. The highest BCUT2D eigenvalue weighted by Gasteiger charge is 2.26. The molecule has 13 heteroatoms. The Morgan fingerprint density at radius 3 is 2.21 bits per heavy atom. The maximum Gasteiger partial charge on any atom is 0.414 e. The van der Waals surface area contributed by atoms with Gasteiger partial charge in [0, 0.05) is 42.5 Å². The summed E-state index contributed by atoms with van der Waals surface area (Å²) in [4.78, 5) is 18.5. The van der Waals surface area contributed by atoms with E-state index in [1.54, 1.807) is 12.1 Å². The standard InChI is InChI=1S/C24H29ClN4O3S.C2H2O4/c1-18-23(19(2)29(27-18)17-21-5-3-4-6-24(21)25)16-26-15-20-7-9-22(10-8-20)33(30,31)28-11-13-32-14-12-28;3-1(4)2(5)6/h3-10,26H,11-17H2,1-2H3;(H,3,4)(H,5,6). The van der Waals surface area contributed by atoms with E-state index in [2.05, 4.69) is 12.2 Å². The summed E-state index contributed by atoms with van der Waals surface area (Å²) in [7, 11) is -3.47. The predicted molar refractivity (Wildman–Crippen MR) is 144 cm³/mol. The molecule has 0 spiro atoms. The number of benzene rings is 2. The number of carboxylic acid groups (broad SMARTS) is 2. The molecule has 2 heterocycles. The topological polar surface area (TPSA) is 151 Å². The Bertz CT molecular complexity index is 1390. The minimum absolute atomic E-state index is 0.320. The molecule has 0 aliphatic carbocycles. The second-order valence-electron chi connectivity index (χ2n) is 8.77. The maximum absolute atomic E-state index is 12.8. The smallest absolute Gasteiger partial charge is 0.414 e. The summed E-state index contributed by atoms with van der Waals surface area (Å²) < 4.78 is 34.3. The van der Waals surface area contributed by atoms with Crippen molar-refractivity contribution in [3.8, 4) is 0 Å². The molecule has 1 saturated heterocycles. The van der Waals surface area contributed by atoms with Gasteiger partial charge >= 0.3 is 11.9 Å². The Kier molecular flexibility index (Phi) is 10.6. The summed E-state index contributed by atoms with van der Waals surface area (Å²) in [5.41, 5.74) is 5.31. The van der Waals surface area contributed by atoms with Gasteiger partial charge in [-0.25, -0.2) is 18.0 Å². The van der Waals surface area contributed by atoms with E-state index in [-0.39, 0.29) is 0 Å². The number of carbonyl (C=O) groups is 2. The van der Waals surface area contributed by atoms with Crippen LogP contribution in [0.15, 0.2) is 53.4 Å².